The third kappa shape index (κ3) is 5.99. The van der Waals surface area contributed by atoms with Crippen molar-refractivity contribution >= 4 is 49.3 Å². The fraction of sp³-hybridized carbons (Fsp3) is 0.0625. The van der Waals surface area contributed by atoms with Crippen molar-refractivity contribution in [1.29, 1.82) is 0 Å². The molecule has 0 bridgehead atoms. The summed E-state index contributed by atoms with van der Waals surface area (Å²) in [6.07, 6.45) is 1.99. The summed E-state index contributed by atoms with van der Waals surface area (Å²) < 4.78 is 1.33. The van der Waals surface area contributed by atoms with Gasteiger partial charge in [-0.15, -0.1) is 11.3 Å². The fourth-order valence-corrected chi connectivity index (χ4v) is 13.0. The number of nitrogens with zero attached hydrogens (tertiary/aromatic N) is 1. The minimum Gasteiger partial charge on any atom is -0.310 e. The standard InChI is InChI=1S/C64H45NS/c1-4-18-43(19-5-1)34-40-52(44-20-6-2-7-21-44)55-30-17-31-57-61-56-28-13-15-33-60(56)66-63(61)64(62(55)57)58-32-14-12-27-53(58)54-41-39-49(42-59(54)64)65(47-24-8-3-9-25-47)48-37-35-46(36-38-48)51-29-16-23-45-22-10-11-26-50(45)51/h1-33,35-39,41-42,52H,34,40H2. The number of hydrogen-bond donors (Lipinski definition) is 0. The first kappa shape index (κ1) is 38.7. The Labute approximate surface area is 390 Å². The van der Waals surface area contributed by atoms with Gasteiger partial charge in [-0.2, -0.15) is 0 Å². The molecular formula is C64H45NS. The highest BCUT2D eigenvalue weighted by atomic mass is 32.1. The van der Waals surface area contributed by atoms with E-state index in [1.54, 1.807) is 0 Å². The van der Waals surface area contributed by atoms with Gasteiger partial charge in [-0.05, 0) is 127 Å². The van der Waals surface area contributed by atoms with E-state index in [-0.39, 0.29) is 5.92 Å². The van der Waals surface area contributed by atoms with Crippen LogP contribution in [0, 0.1) is 0 Å². The SMILES string of the molecule is c1ccc(CCC(c2ccccc2)c2cccc3c2C2(c4ccccc4-c4ccc(N(c5ccccc5)c5ccc(-c6cccc7ccccc67)cc5)cc42)c2sc4ccccc4c2-3)cc1. The molecule has 0 saturated carbocycles. The highest BCUT2D eigenvalue weighted by Crippen LogP contribution is 2.68. The van der Waals surface area contributed by atoms with Gasteiger partial charge in [-0.1, -0.05) is 200 Å². The fourth-order valence-electron chi connectivity index (χ4n) is 11.5. The van der Waals surface area contributed by atoms with Gasteiger partial charge in [0.25, 0.3) is 0 Å². The number of rotatable bonds is 9. The number of thiophene rings is 1. The predicted octanol–water partition coefficient (Wildman–Crippen LogP) is 17.3. The van der Waals surface area contributed by atoms with Crippen LogP contribution in [-0.4, -0.2) is 0 Å². The number of hydrogen-bond acceptors (Lipinski definition) is 2. The maximum absolute atomic E-state index is 2.54. The summed E-state index contributed by atoms with van der Waals surface area (Å²) >= 11 is 1.99. The Morgan fingerprint density at radius 3 is 1.88 bits per heavy atom. The van der Waals surface area contributed by atoms with Crippen LogP contribution >= 0.6 is 11.3 Å². The molecule has 13 rings (SSSR count). The van der Waals surface area contributed by atoms with E-state index in [1.165, 1.54) is 92.5 Å². The van der Waals surface area contributed by atoms with E-state index in [2.05, 4.69) is 248 Å². The van der Waals surface area contributed by atoms with Gasteiger partial charge in [0.1, 0.15) is 0 Å². The Bertz CT molecular complexity index is 3590. The molecule has 2 heteroatoms. The molecular weight excluding hydrogens is 815 g/mol. The highest BCUT2D eigenvalue weighted by molar-refractivity contribution is 7.20. The first-order chi connectivity index (χ1) is 32.8. The second kappa shape index (κ2) is 15.7. The van der Waals surface area contributed by atoms with Crippen molar-refractivity contribution in [3.63, 3.8) is 0 Å². The minimum atomic E-state index is -0.534. The van der Waals surface area contributed by atoms with E-state index in [0.29, 0.717) is 0 Å². The molecule has 0 amide bonds. The third-order valence-corrected chi connectivity index (χ3v) is 15.6. The molecule has 2 aliphatic carbocycles. The highest BCUT2D eigenvalue weighted by Gasteiger charge is 2.55. The number of aryl methyl sites for hydroxylation is 1. The lowest BCUT2D eigenvalue weighted by Gasteiger charge is -2.34. The van der Waals surface area contributed by atoms with Crippen LogP contribution < -0.4 is 4.90 Å². The second-order valence-electron chi connectivity index (χ2n) is 17.8. The zero-order valence-electron chi connectivity index (χ0n) is 36.4. The van der Waals surface area contributed by atoms with Crippen LogP contribution in [0.4, 0.5) is 17.1 Å². The normalized spacial score (nSPS) is 14.8. The molecule has 1 heterocycles. The molecule has 2 atom stereocenters. The summed E-state index contributed by atoms with van der Waals surface area (Å²) in [4.78, 5) is 3.87. The van der Waals surface area contributed by atoms with Gasteiger partial charge in [0.05, 0.1) is 5.41 Å². The minimum absolute atomic E-state index is 0.180. The maximum Gasteiger partial charge on any atom is 0.0823 e. The molecule has 0 radical (unpaired) electrons. The summed E-state index contributed by atoms with van der Waals surface area (Å²) in [7, 11) is 0. The first-order valence-electron chi connectivity index (χ1n) is 23.2. The lowest BCUT2D eigenvalue weighted by molar-refractivity contribution is 0.690. The Hall–Kier alpha value is -7.78. The number of anilines is 3. The monoisotopic (exact) mass is 859 g/mol. The molecule has 0 fully saturated rings. The summed E-state index contributed by atoms with van der Waals surface area (Å²) in [5.74, 6) is 0.180. The summed E-state index contributed by atoms with van der Waals surface area (Å²) in [6, 6.07) is 90.5. The molecule has 10 aromatic carbocycles. The van der Waals surface area contributed by atoms with Crippen LogP contribution in [-0.2, 0) is 11.8 Å². The van der Waals surface area contributed by atoms with Crippen LogP contribution in [0.3, 0.4) is 0 Å². The Balaban J connectivity index is 1.05. The van der Waals surface area contributed by atoms with E-state index in [4.69, 9.17) is 0 Å². The molecule has 2 aliphatic rings. The molecule has 312 valence electrons. The lowest BCUT2D eigenvalue weighted by Crippen LogP contribution is -2.27. The summed E-state index contributed by atoms with van der Waals surface area (Å²) in [5.41, 5.74) is 19.0. The second-order valence-corrected chi connectivity index (χ2v) is 18.9. The molecule has 2 unspecified atom stereocenters. The average Bonchev–Trinajstić information content (AvgIpc) is 4.01. The largest absolute Gasteiger partial charge is 0.310 e. The quantitative estimate of drug-likeness (QED) is 0.140. The molecule has 0 aliphatic heterocycles. The van der Waals surface area contributed by atoms with E-state index in [9.17, 15) is 0 Å². The van der Waals surface area contributed by atoms with Gasteiger partial charge in [0, 0.05) is 43.5 Å². The third-order valence-electron chi connectivity index (χ3n) is 14.3. The van der Waals surface area contributed by atoms with Crippen LogP contribution in [0.5, 0.6) is 0 Å². The topological polar surface area (TPSA) is 3.24 Å². The number of benzene rings is 10. The van der Waals surface area contributed by atoms with Gasteiger partial charge in [-0.3, -0.25) is 0 Å². The maximum atomic E-state index is 2.54. The zero-order chi connectivity index (χ0) is 43.6. The molecule has 0 saturated heterocycles. The Kier molecular flexibility index (Phi) is 9.21. The van der Waals surface area contributed by atoms with Crippen molar-refractivity contribution in [2.45, 2.75) is 24.2 Å². The molecule has 11 aromatic rings. The van der Waals surface area contributed by atoms with Gasteiger partial charge >= 0.3 is 0 Å². The van der Waals surface area contributed by atoms with Gasteiger partial charge < -0.3 is 4.90 Å². The van der Waals surface area contributed by atoms with Crippen molar-refractivity contribution < 1.29 is 0 Å². The Morgan fingerprint density at radius 2 is 1.05 bits per heavy atom. The average molecular weight is 860 g/mol. The number of fused-ring (bicyclic) bond motifs is 13. The zero-order valence-corrected chi connectivity index (χ0v) is 37.3. The van der Waals surface area contributed by atoms with Crippen molar-refractivity contribution in [3.05, 3.63) is 281 Å². The summed E-state index contributed by atoms with van der Waals surface area (Å²) in [5, 5.41) is 3.86. The van der Waals surface area contributed by atoms with E-state index in [0.717, 1.165) is 29.9 Å². The van der Waals surface area contributed by atoms with Crippen LogP contribution in [0.2, 0.25) is 0 Å². The van der Waals surface area contributed by atoms with Crippen LogP contribution in [0.1, 0.15) is 50.6 Å². The van der Waals surface area contributed by atoms with Crippen LogP contribution in [0.25, 0.3) is 54.2 Å². The lowest BCUT2D eigenvalue weighted by atomic mass is 9.69. The van der Waals surface area contributed by atoms with Gasteiger partial charge in [0.2, 0.25) is 0 Å². The van der Waals surface area contributed by atoms with Gasteiger partial charge in [-0.25, -0.2) is 0 Å². The summed E-state index contributed by atoms with van der Waals surface area (Å²) in [6.45, 7) is 0. The predicted molar refractivity (Wildman–Crippen MR) is 279 cm³/mol. The molecule has 1 aromatic heterocycles. The number of para-hydroxylation sites is 1. The van der Waals surface area contributed by atoms with Crippen LogP contribution in [0.15, 0.2) is 243 Å². The van der Waals surface area contributed by atoms with E-state index < -0.39 is 5.41 Å². The smallest absolute Gasteiger partial charge is 0.0823 e. The molecule has 1 spiro atoms. The van der Waals surface area contributed by atoms with Crippen molar-refractivity contribution in [3.8, 4) is 33.4 Å². The molecule has 0 N–H and O–H groups in total. The molecule has 1 nitrogen and oxygen atoms in total. The van der Waals surface area contributed by atoms with E-state index in [1.807, 2.05) is 11.3 Å². The van der Waals surface area contributed by atoms with Crippen molar-refractivity contribution in [1.82, 2.24) is 0 Å². The van der Waals surface area contributed by atoms with E-state index >= 15 is 0 Å². The Morgan fingerprint density at radius 1 is 0.439 bits per heavy atom. The van der Waals surface area contributed by atoms with Gasteiger partial charge in [0.15, 0.2) is 0 Å². The molecule has 66 heavy (non-hydrogen) atoms. The van der Waals surface area contributed by atoms with Crippen molar-refractivity contribution in [2.75, 3.05) is 4.90 Å². The first-order valence-corrected chi connectivity index (χ1v) is 24.0. The van der Waals surface area contributed by atoms with Crippen molar-refractivity contribution in [2.24, 2.45) is 0 Å².